The molecule has 2 heteroatoms. The normalized spacial score (nSPS) is 12.8. The second kappa shape index (κ2) is 6.97. The van der Waals surface area contributed by atoms with E-state index in [1.807, 2.05) is 12.2 Å². The second-order valence-corrected chi connectivity index (χ2v) is 6.54. The van der Waals surface area contributed by atoms with E-state index in [0.717, 1.165) is 26.2 Å². The fourth-order valence-electron chi connectivity index (χ4n) is 1.73. The van der Waals surface area contributed by atoms with E-state index in [4.69, 9.17) is 0 Å². The Hall–Kier alpha value is -0.600. The Kier molecular flexibility index (Phi) is 6.73. The summed E-state index contributed by atoms with van der Waals surface area (Å²) in [5.41, 5.74) is 0.429. The quantitative estimate of drug-likeness (QED) is 0.654. The zero-order valence-corrected chi connectivity index (χ0v) is 12.3. The lowest BCUT2D eigenvalue weighted by molar-refractivity contribution is 0.190. The molecule has 0 aromatic heterocycles. The Bertz CT molecular complexity index is 226. The monoisotopic (exact) mass is 238 g/mol. The first-order valence-electron chi connectivity index (χ1n) is 6.39. The van der Waals surface area contributed by atoms with Crippen molar-refractivity contribution >= 4 is 0 Å². The summed E-state index contributed by atoms with van der Waals surface area (Å²) in [4.78, 5) is 2.37. The van der Waals surface area contributed by atoms with E-state index in [1.165, 1.54) is 0 Å². The third-order valence-electron chi connectivity index (χ3n) is 2.52. The summed E-state index contributed by atoms with van der Waals surface area (Å²) in [6.45, 7) is 22.7. The molecule has 0 aliphatic heterocycles. The molecule has 0 aromatic carbocycles. The van der Waals surface area contributed by atoms with Crippen molar-refractivity contribution in [2.24, 2.45) is 5.41 Å². The van der Waals surface area contributed by atoms with Gasteiger partial charge in [-0.2, -0.15) is 0 Å². The van der Waals surface area contributed by atoms with Crippen molar-refractivity contribution in [2.45, 2.75) is 40.2 Å². The Morgan fingerprint density at radius 1 is 1.00 bits per heavy atom. The van der Waals surface area contributed by atoms with Crippen LogP contribution >= 0.6 is 0 Å². The van der Waals surface area contributed by atoms with Crippen molar-refractivity contribution in [2.75, 3.05) is 26.2 Å². The van der Waals surface area contributed by atoms with Crippen LogP contribution in [0.25, 0.3) is 0 Å². The molecule has 0 heterocycles. The molecule has 0 aromatic rings. The predicted molar refractivity (Wildman–Crippen MR) is 78.4 cm³/mol. The van der Waals surface area contributed by atoms with Crippen LogP contribution in [0.5, 0.6) is 0 Å². The first-order valence-corrected chi connectivity index (χ1v) is 6.39. The van der Waals surface area contributed by atoms with Gasteiger partial charge in [-0.1, -0.05) is 26.0 Å². The standard InChI is InChI=1S/C15H30N2/c1-8-10-17(11-9-2)13-15(6,7)12-16-14(3,4)5/h8-9,16H,1-2,10-13H2,3-7H3. The van der Waals surface area contributed by atoms with E-state index < -0.39 is 0 Å². The van der Waals surface area contributed by atoms with Gasteiger partial charge in [-0.3, -0.25) is 4.90 Å². The first-order chi connectivity index (χ1) is 7.70. The maximum absolute atomic E-state index is 3.81. The van der Waals surface area contributed by atoms with Crippen molar-refractivity contribution in [3.8, 4) is 0 Å². The number of hydrogen-bond donors (Lipinski definition) is 1. The summed E-state index contributed by atoms with van der Waals surface area (Å²) in [5, 5.41) is 3.57. The molecule has 0 amide bonds. The SMILES string of the molecule is C=CCN(CC=C)CC(C)(C)CNC(C)(C)C. The van der Waals surface area contributed by atoms with Crippen LogP contribution < -0.4 is 5.32 Å². The summed E-state index contributed by atoms with van der Waals surface area (Å²) in [6, 6.07) is 0. The van der Waals surface area contributed by atoms with E-state index in [2.05, 4.69) is 58.0 Å². The van der Waals surface area contributed by atoms with Crippen LogP contribution in [0.4, 0.5) is 0 Å². The second-order valence-electron chi connectivity index (χ2n) is 6.54. The van der Waals surface area contributed by atoms with Gasteiger partial charge in [0, 0.05) is 31.7 Å². The van der Waals surface area contributed by atoms with Gasteiger partial charge in [-0.05, 0) is 26.2 Å². The Morgan fingerprint density at radius 3 is 1.82 bits per heavy atom. The van der Waals surface area contributed by atoms with Crippen LogP contribution in [-0.4, -0.2) is 36.6 Å². The van der Waals surface area contributed by atoms with Crippen LogP contribution in [0.3, 0.4) is 0 Å². The van der Waals surface area contributed by atoms with Gasteiger partial charge in [-0.25, -0.2) is 0 Å². The topological polar surface area (TPSA) is 15.3 Å². The van der Waals surface area contributed by atoms with Crippen LogP contribution in [0.15, 0.2) is 25.3 Å². The highest BCUT2D eigenvalue weighted by Crippen LogP contribution is 2.17. The van der Waals surface area contributed by atoms with Gasteiger partial charge in [0.2, 0.25) is 0 Å². The summed E-state index contributed by atoms with van der Waals surface area (Å²) in [6.07, 6.45) is 3.91. The Morgan fingerprint density at radius 2 is 1.47 bits per heavy atom. The molecule has 0 radical (unpaired) electrons. The van der Waals surface area contributed by atoms with Crippen molar-refractivity contribution in [1.82, 2.24) is 10.2 Å². The molecule has 0 saturated heterocycles. The molecule has 0 atom stereocenters. The third-order valence-corrected chi connectivity index (χ3v) is 2.52. The highest BCUT2D eigenvalue weighted by molar-refractivity contribution is 4.86. The summed E-state index contributed by atoms with van der Waals surface area (Å²) in [7, 11) is 0. The number of nitrogens with zero attached hydrogens (tertiary/aromatic N) is 1. The number of nitrogens with one attached hydrogen (secondary N) is 1. The van der Waals surface area contributed by atoms with Gasteiger partial charge in [0.05, 0.1) is 0 Å². The van der Waals surface area contributed by atoms with Gasteiger partial charge in [-0.15, -0.1) is 13.2 Å². The minimum atomic E-state index is 0.180. The number of hydrogen-bond acceptors (Lipinski definition) is 2. The van der Waals surface area contributed by atoms with Gasteiger partial charge in [0.15, 0.2) is 0 Å². The Balaban J connectivity index is 4.27. The lowest BCUT2D eigenvalue weighted by Crippen LogP contribution is -2.46. The minimum Gasteiger partial charge on any atom is -0.311 e. The Labute approximate surface area is 108 Å². The average Bonchev–Trinajstić information content (AvgIpc) is 2.14. The molecule has 2 nitrogen and oxygen atoms in total. The van der Waals surface area contributed by atoms with Gasteiger partial charge in [0.1, 0.15) is 0 Å². The van der Waals surface area contributed by atoms with Crippen LogP contribution in [0.1, 0.15) is 34.6 Å². The molecule has 0 bridgehead atoms. The third kappa shape index (κ3) is 9.13. The minimum absolute atomic E-state index is 0.180. The van der Waals surface area contributed by atoms with Crippen LogP contribution in [0.2, 0.25) is 0 Å². The molecule has 0 spiro atoms. The van der Waals surface area contributed by atoms with Gasteiger partial charge in [0.25, 0.3) is 0 Å². The average molecular weight is 238 g/mol. The molecule has 100 valence electrons. The molecular formula is C15H30N2. The summed E-state index contributed by atoms with van der Waals surface area (Å²) < 4.78 is 0. The zero-order chi connectivity index (χ0) is 13.5. The molecule has 0 aliphatic carbocycles. The lowest BCUT2D eigenvalue weighted by Gasteiger charge is -2.34. The molecular weight excluding hydrogens is 208 g/mol. The lowest BCUT2D eigenvalue weighted by atomic mass is 9.91. The van der Waals surface area contributed by atoms with E-state index in [1.54, 1.807) is 0 Å². The van der Waals surface area contributed by atoms with E-state index in [-0.39, 0.29) is 11.0 Å². The van der Waals surface area contributed by atoms with Gasteiger partial charge < -0.3 is 5.32 Å². The van der Waals surface area contributed by atoms with Crippen LogP contribution in [-0.2, 0) is 0 Å². The maximum Gasteiger partial charge on any atom is 0.0164 e. The maximum atomic E-state index is 3.81. The molecule has 17 heavy (non-hydrogen) atoms. The van der Waals surface area contributed by atoms with Crippen molar-refractivity contribution in [3.05, 3.63) is 25.3 Å². The molecule has 0 aliphatic rings. The van der Waals surface area contributed by atoms with Crippen molar-refractivity contribution in [1.29, 1.82) is 0 Å². The van der Waals surface area contributed by atoms with Crippen molar-refractivity contribution < 1.29 is 0 Å². The summed E-state index contributed by atoms with van der Waals surface area (Å²) in [5.74, 6) is 0. The summed E-state index contributed by atoms with van der Waals surface area (Å²) >= 11 is 0. The molecule has 0 fully saturated rings. The highest BCUT2D eigenvalue weighted by atomic mass is 15.1. The smallest absolute Gasteiger partial charge is 0.0164 e. The molecule has 0 unspecified atom stereocenters. The van der Waals surface area contributed by atoms with Gasteiger partial charge >= 0.3 is 0 Å². The molecule has 0 saturated carbocycles. The highest BCUT2D eigenvalue weighted by Gasteiger charge is 2.23. The predicted octanol–water partition coefficient (Wildman–Crippen LogP) is 3.07. The number of rotatable bonds is 8. The largest absolute Gasteiger partial charge is 0.311 e. The molecule has 0 rings (SSSR count). The van der Waals surface area contributed by atoms with E-state index in [9.17, 15) is 0 Å². The molecule has 1 N–H and O–H groups in total. The van der Waals surface area contributed by atoms with Crippen molar-refractivity contribution in [3.63, 3.8) is 0 Å². The zero-order valence-electron chi connectivity index (χ0n) is 12.3. The first kappa shape index (κ1) is 16.4. The van der Waals surface area contributed by atoms with E-state index in [0.29, 0.717) is 0 Å². The fourth-order valence-corrected chi connectivity index (χ4v) is 1.73. The van der Waals surface area contributed by atoms with Crippen LogP contribution in [0, 0.1) is 5.41 Å². The fraction of sp³-hybridized carbons (Fsp3) is 0.733. The van der Waals surface area contributed by atoms with E-state index >= 15 is 0 Å².